The maximum absolute atomic E-state index is 14.1. The van der Waals surface area contributed by atoms with E-state index in [0.717, 1.165) is 34.5 Å². The van der Waals surface area contributed by atoms with Crippen LogP contribution in [0.25, 0.3) is 6.08 Å². The molecule has 42 heavy (non-hydrogen) atoms. The molecule has 1 unspecified atom stereocenters. The van der Waals surface area contributed by atoms with Crippen LogP contribution in [0.15, 0.2) is 89.9 Å². The first-order chi connectivity index (χ1) is 20.2. The topological polar surface area (TPSA) is 59.1 Å². The van der Waals surface area contributed by atoms with Crippen LogP contribution in [0.2, 0.25) is 0 Å². The molecule has 0 aliphatic heterocycles. The Kier molecular flexibility index (Phi) is 12.9. The van der Waals surface area contributed by atoms with Gasteiger partial charge in [0.1, 0.15) is 5.25 Å². The van der Waals surface area contributed by atoms with E-state index in [-0.39, 0.29) is 0 Å². The number of rotatable bonds is 16. The number of sulfone groups is 1. The fourth-order valence-electron chi connectivity index (χ4n) is 4.72. The van der Waals surface area contributed by atoms with Gasteiger partial charge in [0.05, 0.1) is 18.1 Å². The fraction of sp³-hybridized carbons (Fsp3) is 0.371. The lowest BCUT2D eigenvalue weighted by Gasteiger charge is -2.21. The van der Waals surface area contributed by atoms with Gasteiger partial charge in [-0.2, -0.15) is 0 Å². The van der Waals surface area contributed by atoms with Crippen molar-refractivity contribution in [3.63, 3.8) is 0 Å². The number of ether oxygens (including phenoxy) is 2. The first kappa shape index (κ1) is 33.1. The third-order valence-electron chi connectivity index (χ3n) is 7.11. The number of allylic oxidation sites excluding steroid dienone is 2. The molecule has 0 spiro atoms. The monoisotopic (exact) mass is 590 g/mol. The molecule has 6 nitrogen and oxygen atoms in total. The molecular weight excluding hydrogens is 544 g/mol. The van der Waals surface area contributed by atoms with Gasteiger partial charge in [0.2, 0.25) is 0 Å². The predicted molar refractivity (Wildman–Crippen MR) is 176 cm³/mol. The molecule has 0 heterocycles. The summed E-state index contributed by atoms with van der Waals surface area (Å²) in [6.07, 6.45) is 9.03. The summed E-state index contributed by atoms with van der Waals surface area (Å²) in [5.74, 6) is 0. The zero-order valence-corrected chi connectivity index (χ0v) is 26.7. The summed E-state index contributed by atoms with van der Waals surface area (Å²) in [5.41, 5.74) is 6.15. The second-order valence-corrected chi connectivity index (χ2v) is 12.5. The van der Waals surface area contributed by atoms with Gasteiger partial charge in [-0.15, -0.1) is 0 Å². The normalized spacial score (nSPS) is 12.7. The van der Waals surface area contributed by atoms with Crippen LogP contribution in [0.5, 0.6) is 0 Å². The van der Waals surface area contributed by atoms with E-state index in [4.69, 9.17) is 9.47 Å². The molecule has 226 valence electrons. The Morgan fingerprint density at radius 2 is 1.31 bits per heavy atom. The maximum atomic E-state index is 14.1. The van der Waals surface area contributed by atoms with Gasteiger partial charge in [-0.1, -0.05) is 54.6 Å². The summed E-state index contributed by atoms with van der Waals surface area (Å²) in [5, 5.41) is -0.856. The van der Waals surface area contributed by atoms with Crippen LogP contribution >= 0.6 is 0 Å². The van der Waals surface area contributed by atoms with E-state index in [9.17, 15) is 8.42 Å². The van der Waals surface area contributed by atoms with Crippen molar-refractivity contribution in [3.8, 4) is 0 Å². The molecule has 7 heteroatoms. The molecule has 0 N–H and O–H groups in total. The van der Waals surface area contributed by atoms with Crippen LogP contribution in [0.4, 0.5) is 11.4 Å². The van der Waals surface area contributed by atoms with Gasteiger partial charge >= 0.3 is 0 Å². The number of hydrogen-bond donors (Lipinski definition) is 0. The Balaban J connectivity index is 2.04. The van der Waals surface area contributed by atoms with Gasteiger partial charge in [0.25, 0.3) is 0 Å². The molecule has 3 aromatic rings. The summed E-state index contributed by atoms with van der Waals surface area (Å²) in [6, 6.07) is 21.1. The van der Waals surface area contributed by atoms with Crippen LogP contribution in [-0.2, 0) is 32.2 Å². The molecule has 0 fully saturated rings. The third kappa shape index (κ3) is 9.05. The van der Waals surface area contributed by atoms with Crippen molar-refractivity contribution in [2.75, 3.05) is 64.4 Å². The molecule has 0 aromatic heterocycles. The van der Waals surface area contributed by atoms with Crippen molar-refractivity contribution in [2.24, 2.45) is 0 Å². The summed E-state index contributed by atoms with van der Waals surface area (Å²) >= 11 is 0. The van der Waals surface area contributed by atoms with Crippen molar-refractivity contribution >= 4 is 27.3 Å². The molecule has 0 aliphatic rings. The van der Waals surface area contributed by atoms with E-state index < -0.39 is 15.1 Å². The first-order valence-electron chi connectivity index (χ1n) is 14.6. The molecule has 3 rings (SSSR count). The number of hydrogen-bond acceptors (Lipinski definition) is 6. The lowest BCUT2D eigenvalue weighted by molar-refractivity contribution is 0.150. The maximum Gasteiger partial charge on any atom is 0.188 e. The molecule has 3 aromatic carbocycles. The molecule has 0 aliphatic carbocycles. The van der Waals surface area contributed by atoms with Gasteiger partial charge in [-0.05, 0) is 85.3 Å². The largest absolute Gasteiger partial charge is 0.381 e. The Morgan fingerprint density at radius 3 is 1.90 bits per heavy atom. The summed E-state index contributed by atoms with van der Waals surface area (Å²) in [6.45, 7) is 6.43. The minimum atomic E-state index is -3.72. The van der Waals surface area contributed by atoms with Gasteiger partial charge < -0.3 is 19.3 Å². The average molecular weight is 591 g/mol. The number of anilines is 2. The highest BCUT2D eigenvalue weighted by Crippen LogP contribution is 2.34. The number of nitrogens with zero attached hydrogens (tertiary/aromatic N) is 2. The van der Waals surface area contributed by atoms with Gasteiger partial charge in [0.15, 0.2) is 9.84 Å². The zero-order chi connectivity index (χ0) is 30.5. The molecular formula is C35H46N2O4S. The molecule has 0 amide bonds. The third-order valence-corrected chi connectivity index (χ3v) is 9.12. The Bertz CT molecular complexity index is 1430. The van der Waals surface area contributed by atoms with Crippen LogP contribution in [0.1, 0.15) is 41.4 Å². The quantitative estimate of drug-likeness (QED) is 0.136. The SMILES string of the molecule is CCOCCc1cc(N(C)C)ccc1C=CC=CC(c1ccc(N(C)C)cc1CCOCC)S(=O)(=O)c1ccccc1. The summed E-state index contributed by atoms with van der Waals surface area (Å²) < 4.78 is 39.4. The highest BCUT2D eigenvalue weighted by molar-refractivity contribution is 7.91. The summed E-state index contributed by atoms with van der Waals surface area (Å²) in [7, 11) is 4.30. The van der Waals surface area contributed by atoms with Crippen LogP contribution < -0.4 is 9.80 Å². The fourth-order valence-corrected chi connectivity index (χ4v) is 6.41. The zero-order valence-electron chi connectivity index (χ0n) is 25.9. The molecule has 0 radical (unpaired) electrons. The Hall–Kier alpha value is -3.39. The van der Waals surface area contributed by atoms with Gasteiger partial charge in [-0.25, -0.2) is 8.42 Å². The van der Waals surface area contributed by atoms with Crippen molar-refractivity contribution in [1.29, 1.82) is 0 Å². The van der Waals surface area contributed by atoms with Crippen LogP contribution in [0.3, 0.4) is 0 Å². The standard InChI is InChI=1S/C35H46N2O4S/c1-7-40-24-22-29-26-31(36(3)4)19-18-28(29)14-12-13-17-35(42(38,39)33-15-10-9-11-16-33)34-21-20-32(37(5)6)27-30(34)23-25-41-8-2/h9-21,26-27,35H,7-8,22-25H2,1-6H3. The van der Waals surface area contributed by atoms with E-state index in [0.29, 0.717) is 37.7 Å². The lowest BCUT2D eigenvalue weighted by Crippen LogP contribution is -2.16. The van der Waals surface area contributed by atoms with Crippen molar-refractivity contribution in [3.05, 3.63) is 107 Å². The predicted octanol–water partition coefficient (Wildman–Crippen LogP) is 6.76. The second kappa shape index (κ2) is 16.3. The second-order valence-electron chi connectivity index (χ2n) is 10.5. The van der Waals surface area contributed by atoms with Gasteiger partial charge in [0, 0.05) is 52.8 Å². The van der Waals surface area contributed by atoms with Crippen LogP contribution in [0, 0.1) is 0 Å². The van der Waals surface area contributed by atoms with E-state index >= 15 is 0 Å². The van der Waals surface area contributed by atoms with Crippen LogP contribution in [-0.4, -0.2) is 63.0 Å². The van der Waals surface area contributed by atoms with E-state index in [1.165, 1.54) is 5.56 Å². The number of benzene rings is 3. The smallest absolute Gasteiger partial charge is 0.188 e. The summed E-state index contributed by atoms with van der Waals surface area (Å²) in [4.78, 5) is 4.41. The van der Waals surface area contributed by atoms with Crippen molar-refractivity contribution < 1.29 is 17.9 Å². The van der Waals surface area contributed by atoms with Gasteiger partial charge in [-0.3, -0.25) is 0 Å². The Labute approximate surface area is 253 Å². The van der Waals surface area contributed by atoms with Crippen molar-refractivity contribution in [1.82, 2.24) is 0 Å². The minimum Gasteiger partial charge on any atom is -0.381 e. The van der Waals surface area contributed by atoms with E-state index in [1.54, 1.807) is 30.3 Å². The highest BCUT2D eigenvalue weighted by atomic mass is 32.2. The Morgan fingerprint density at radius 1 is 0.738 bits per heavy atom. The minimum absolute atomic E-state index is 0.300. The molecule has 1 atom stereocenters. The molecule has 0 saturated carbocycles. The highest BCUT2D eigenvalue weighted by Gasteiger charge is 2.29. The van der Waals surface area contributed by atoms with Crippen molar-refractivity contribution in [2.45, 2.75) is 36.8 Å². The average Bonchev–Trinajstić information content (AvgIpc) is 2.98. The lowest BCUT2D eigenvalue weighted by atomic mass is 10.00. The van der Waals surface area contributed by atoms with E-state index in [2.05, 4.69) is 29.2 Å². The molecule has 0 saturated heterocycles. The first-order valence-corrected chi connectivity index (χ1v) is 16.1. The molecule has 0 bridgehead atoms. The van der Waals surface area contributed by atoms with E-state index in [1.807, 2.05) is 83.4 Å².